The van der Waals surface area contributed by atoms with Crippen LogP contribution in [-0.4, -0.2) is 34.7 Å². The van der Waals surface area contributed by atoms with Crippen LogP contribution in [0.1, 0.15) is 44.7 Å². The van der Waals surface area contributed by atoms with Crippen molar-refractivity contribution in [1.82, 2.24) is 4.90 Å². The monoisotopic (exact) mass is 395 g/mol. The average Bonchev–Trinajstić information content (AvgIpc) is 2.66. The van der Waals surface area contributed by atoms with Crippen molar-refractivity contribution in [2.24, 2.45) is 0 Å². The minimum Gasteiger partial charge on any atom is -0.460 e. The van der Waals surface area contributed by atoms with Gasteiger partial charge in [0.1, 0.15) is 5.60 Å². The van der Waals surface area contributed by atoms with Crippen LogP contribution in [-0.2, 0) is 22.6 Å². The molecule has 0 saturated heterocycles. The number of aliphatic hydroxyl groups excluding tert-OH is 1. The van der Waals surface area contributed by atoms with Gasteiger partial charge in [-0.25, -0.2) is 0 Å². The Morgan fingerprint density at radius 1 is 0.931 bits per heavy atom. The lowest BCUT2D eigenvalue weighted by atomic mass is 10.1. The molecule has 29 heavy (non-hydrogen) atoms. The number of carbonyl (C=O) groups is 1. The zero-order chi connectivity index (χ0) is 21.1. The van der Waals surface area contributed by atoms with Gasteiger partial charge in [0.05, 0.1) is 6.61 Å². The topological polar surface area (TPSA) is 49.8 Å². The second-order valence-corrected chi connectivity index (χ2v) is 8.25. The fourth-order valence-electron chi connectivity index (χ4n) is 3.17. The summed E-state index contributed by atoms with van der Waals surface area (Å²) in [4.78, 5) is 14.4. The van der Waals surface area contributed by atoms with Gasteiger partial charge in [-0.3, -0.25) is 9.69 Å². The van der Waals surface area contributed by atoms with Crippen molar-refractivity contribution >= 4 is 5.97 Å². The summed E-state index contributed by atoms with van der Waals surface area (Å²) in [5.41, 5.74) is 3.04. The van der Waals surface area contributed by atoms with Crippen molar-refractivity contribution in [3.8, 4) is 0 Å². The number of nitrogens with zero attached hydrogens (tertiary/aromatic N) is 1. The molecule has 0 fully saturated rings. The minimum atomic E-state index is -0.482. The van der Waals surface area contributed by atoms with E-state index in [4.69, 9.17) is 4.74 Å². The molecule has 0 amide bonds. The molecule has 4 heteroatoms. The predicted octanol–water partition coefficient (Wildman–Crippen LogP) is 4.73. The molecule has 0 spiro atoms. The Hall–Kier alpha value is -2.43. The van der Waals surface area contributed by atoms with Crippen molar-refractivity contribution in [3.63, 3.8) is 0 Å². The van der Waals surface area contributed by atoms with E-state index in [1.54, 1.807) is 0 Å². The van der Waals surface area contributed by atoms with Crippen LogP contribution in [0.4, 0.5) is 0 Å². The second kappa shape index (κ2) is 11.5. The quantitative estimate of drug-likeness (QED) is 0.467. The molecule has 0 aliphatic rings. The van der Waals surface area contributed by atoms with Gasteiger partial charge in [-0.15, -0.1) is 0 Å². The molecular formula is C25H33NO3. The number of ether oxygens (including phenoxy) is 1. The van der Waals surface area contributed by atoms with Crippen LogP contribution in [0.2, 0.25) is 0 Å². The molecule has 2 aromatic carbocycles. The zero-order valence-electron chi connectivity index (χ0n) is 17.8. The highest BCUT2D eigenvalue weighted by atomic mass is 16.6. The van der Waals surface area contributed by atoms with Gasteiger partial charge in [0, 0.05) is 26.1 Å². The third-order valence-corrected chi connectivity index (χ3v) is 4.37. The molecule has 2 aromatic rings. The van der Waals surface area contributed by atoms with E-state index in [9.17, 15) is 9.90 Å². The maximum Gasteiger partial charge on any atom is 0.306 e. The number of hydrogen-bond acceptors (Lipinski definition) is 4. The summed E-state index contributed by atoms with van der Waals surface area (Å²) in [7, 11) is 0. The number of hydrogen-bond donors (Lipinski definition) is 1. The first kappa shape index (κ1) is 22.9. The summed E-state index contributed by atoms with van der Waals surface area (Å²) in [5.74, 6) is -0.209. The molecule has 0 aliphatic heterocycles. The van der Waals surface area contributed by atoms with E-state index in [0.29, 0.717) is 19.4 Å². The highest BCUT2D eigenvalue weighted by Gasteiger charge is 2.17. The summed E-state index contributed by atoms with van der Waals surface area (Å²) >= 11 is 0. The van der Waals surface area contributed by atoms with Gasteiger partial charge < -0.3 is 9.84 Å². The number of carbonyl (C=O) groups excluding carboxylic acids is 1. The van der Waals surface area contributed by atoms with Crippen LogP contribution in [0, 0.1) is 0 Å². The van der Waals surface area contributed by atoms with Crippen LogP contribution in [0.25, 0.3) is 0 Å². The lowest BCUT2D eigenvalue weighted by Crippen LogP contribution is -2.26. The van der Waals surface area contributed by atoms with E-state index in [0.717, 1.165) is 18.7 Å². The molecule has 0 saturated carbocycles. The van der Waals surface area contributed by atoms with E-state index >= 15 is 0 Å². The Labute approximate surface area is 174 Å². The third kappa shape index (κ3) is 9.55. The van der Waals surface area contributed by atoms with Gasteiger partial charge in [-0.05, 0) is 38.3 Å². The maximum atomic E-state index is 12.1. The Morgan fingerprint density at radius 3 is 1.90 bits per heavy atom. The van der Waals surface area contributed by atoms with Gasteiger partial charge in [0.25, 0.3) is 0 Å². The molecular weight excluding hydrogens is 362 g/mol. The van der Waals surface area contributed by atoms with Crippen molar-refractivity contribution in [2.75, 3.05) is 13.2 Å². The van der Waals surface area contributed by atoms with Gasteiger partial charge in [-0.2, -0.15) is 0 Å². The number of esters is 1. The Kier molecular flexibility index (Phi) is 9.10. The minimum absolute atomic E-state index is 0.0336. The summed E-state index contributed by atoms with van der Waals surface area (Å²) in [6, 6.07) is 20.7. The van der Waals surface area contributed by atoms with E-state index < -0.39 is 5.60 Å². The van der Waals surface area contributed by atoms with Crippen LogP contribution >= 0.6 is 0 Å². The number of aliphatic hydroxyl groups is 1. The van der Waals surface area contributed by atoms with E-state index in [1.807, 2.05) is 63.2 Å². The summed E-state index contributed by atoms with van der Waals surface area (Å²) in [6.45, 7) is 7.86. The highest BCUT2D eigenvalue weighted by molar-refractivity contribution is 5.70. The van der Waals surface area contributed by atoms with Gasteiger partial charge >= 0.3 is 5.97 Å². The number of rotatable bonds is 10. The SMILES string of the molecule is CC(C)(C)OC(=O)CC/C(=C\CO)CN(Cc1ccccc1)Cc1ccccc1. The number of benzene rings is 2. The summed E-state index contributed by atoms with van der Waals surface area (Å²) in [5, 5.41) is 9.47. The largest absolute Gasteiger partial charge is 0.460 e. The van der Waals surface area contributed by atoms with Gasteiger partial charge in [0.15, 0.2) is 0 Å². The van der Waals surface area contributed by atoms with Crippen molar-refractivity contribution in [2.45, 2.75) is 52.3 Å². The second-order valence-electron chi connectivity index (χ2n) is 8.25. The summed E-state index contributed by atoms with van der Waals surface area (Å²) < 4.78 is 5.42. The lowest BCUT2D eigenvalue weighted by Gasteiger charge is -2.25. The maximum absolute atomic E-state index is 12.1. The molecule has 0 radical (unpaired) electrons. The fraction of sp³-hybridized carbons (Fsp3) is 0.400. The van der Waals surface area contributed by atoms with Crippen molar-refractivity contribution in [1.29, 1.82) is 0 Å². The van der Waals surface area contributed by atoms with E-state index in [-0.39, 0.29) is 12.6 Å². The Balaban J connectivity index is 2.06. The first-order chi connectivity index (χ1) is 13.9. The van der Waals surface area contributed by atoms with E-state index in [2.05, 4.69) is 29.2 Å². The molecule has 156 valence electrons. The van der Waals surface area contributed by atoms with Gasteiger partial charge in [0.2, 0.25) is 0 Å². The average molecular weight is 396 g/mol. The molecule has 2 rings (SSSR count). The zero-order valence-corrected chi connectivity index (χ0v) is 17.8. The van der Waals surface area contributed by atoms with Crippen molar-refractivity contribution in [3.05, 3.63) is 83.4 Å². The molecule has 1 N–H and O–H groups in total. The fourth-order valence-corrected chi connectivity index (χ4v) is 3.17. The Morgan fingerprint density at radius 2 is 1.45 bits per heavy atom. The van der Waals surface area contributed by atoms with Crippen LogP contribution < -0.4 is 0 Å². The molecule has 0 bridgehead atoms. The molecule has 0 aliphatic carbocycles. The lowest BCUT2D eigenvalue weighted by molar-refractivity contribution is -0.154. The summed E-state index contributed by atoms with van der Waals surface area (Å²) in [6.07, 6.45) is 2.70. The van der Waals surface area contributed by atoms with Crippen LogP contribution in [0.15, 0.2) is 72.3 Å². The highest BCUT2D eigenvalue weighted by Crippen LogP contribution is 2.16. The molecule has 0 heterocycles. The molecule has 0 aromatic heterocycles. The normalized spacial score (nSPS) is 12.2. The Bertz CT molecular complexity index is 722. The van der Waals surface area contributed by atoms with Crippen LogP contribution in [0.3, 0.4) is 0 Å². The molecule has 0 unspecified atom stereocenters. The molecule has 4 nitrogen and oxygen atoms in total. The van der Waals surface area contributed by atoms with Gasteiger partial charge in [-0.1, -0.05) is 72.3 Å². The van der Waals surface area contributed by atoms with Crippen LogP contribution in [0.5, 0.6) is 0 Å². The third-order valence-electron chi connectivity index (χ3n) is 4.37. The standard InChI is InChI=1S/C25H33NO3/c1-25(2,3)29-24(28)15-14-23(16-17-27)20-26(18-21-10-6-4-7-11-21)19-22-12-8-5-9-13-22/h4-13,16,27H,14-15,17-20H2,1-3H3/b23-16+. The first-order valence-electron chi connectivity index (χ1n) is 10.2. The van der Waals surface area contributed by atoms with Crippen molar-refractivity contribution < 1.29 is 14.6 Å². The predicted molar refractivity (Wildman–Crippen MR) is 117 cm³/mol. The molecule has 0 atom stereocenters. The smallest absolute Gasteiger partial charge is 0.306 e. The van der Waals surface area contributed by atoms with E-state index in [1.165, 1.54) is 11.1 Å². The first-order valence-corrected chi connectivity index (χ1v) is 10.2.